The molecule has 1 aromatic carbocycles. The van der Waals surface area contributed by atoms with Gasteiger partial charge in [0, 0.05) is 24.0 Å². The minimum Gasteiger partial charge on any atom is -0.264 e. The highest BCUT2D eigenvalue weighted by molar-refractivity contribution is 5.84. The Hall–Kier alpha value is -3.47. The number of hydrogen-bond acceptors (Lipinski definition) is 2. The Balaban J connectivity index is 1.83. The summed E-state index contributed by atoms with van der Waals surface area (Å²) in [6.45, 7) is 0.859. The minimum absolute atomic E-state index is 0.859. The van der Waals surface area contributed by atoms with Gasteiger partial charge in [-0.1, -0.05) is 18.2 Å². The van der Waals surface area contributed by atoms with E-state index in [1.165, 1.54) is 28.1 Å². The van der Waals surface area contributed by atoms with Gasteiger partial charge in [0.1, 0.15) is 11.2 Å². The lowest BCUT2D eigenvalue weighted by Gasteiger charge is -2.03. The van der Waals surface area contributed by atoms with Gasteiger partial charge >= 0.3 is 0 Å². The van der Waals surface area contributed by atoms with Crippen LogP contribution < -0.4 is 4.57 Å². The fourth-order valence-electron chi connectivity index (χ4n) is 3.96. The van der Waals surface area contributed by atoms with E-state index in [4.69, 9.17) is 0 Å². The Bertz CT molecular complexity index is 1260. The number of pyridine rings is 1. The third-order valence-electron chi connectivity index (χ3n) is 4.99. The van der Waals surface area contributed by atoms with E-state index in [1.54, 1.807) is 0 Å². The van der Waals surface area contributed by atoms with E-state index in [1.807, 2.05) is 37.1 Å². The summed E-state index contributed by atoms with van der Waals surface area (Å²) >= 11 is 0. The first-order chi connectivity index (χ1) is 12.4. The normalized spacial score (nSPS) is 12.6. The van der Waals surface area contributed by atoms with Crippen LogP contribution in [-0.2, 0) is 6.54 Å². The predicted molar refractivity (Wildman–Crippen MR) is 94.6 cm³/mol. The summed E-state index contributed by atoms with van der Waals surface area (Å²) in [5.74, 6) is 1.19. The molecular formula is C20H14N5+. The number of rotatable bonds is 1. The molecule has 0 aliphatic carbocycles. The summed E-state index contributed by atoms with van der Waals surface area (Å²) in [7, 11) is 0. The van der Waals surface area contributed by atoms with Crippen LogP contribution in [0.15, 0.2) is 73.4 Å². The number of benzene rings is 1. The molecule has 0 atom stereocenters. The van der Waals surface area contributed by atoms with Gasteiger partial charge in [-0.3, -0.25) is 9.97 Å². The second-order valence-corrected chi connectivity index (χ2v) is 6.34. The van der Waals surface area contributed by atoms with E-state index in [9.17, 15) is 0 Å². The number of para-hydroxylation sites is 1. The molecule has 5 heterocycles. The Morgan fingerprint density at radius 1 is 0.960 bits per heavy atom. The van der Waals surface area contributed by atoms with Crippen LogP contribution in [0.2, 0.25) is 0 Å². The molecular weight excluding hydrogens is 310 g/mol. The lowest BCUT2D eigenvalue weighted by Crippen LogP contribution is -2.32. The topological polar surface area (TPSA) is 39.0 Å². The van der Waals surface area contributed by atoms with Crippen LogP contribution in [0.3, 0.4) is 0 Å². The van der Waals surface area contributed by atoms with Crippen LogP contribution in [-0.4, -0.2) is 18.9 Å². The summed E-state index contributed by atoms with van der Waals surface area (Å²) < 4.78 is 6.92. The summed E-state index contributed by atoms with van der Waals surface area (Å²) in [5, 5.41) is 0. The Labute approximate surface area is 143 Å². The zero-order valence-electron chi connectivity index (χ0n) is 13.4. The summed E-state index contributed by atoms with van der Waals surface area (Å²) in [4.78, 5) is 8.64. The maximum atomic E-state index is 4.36. The van der Waals surface area contributed by atoms with Crippen molar-refractivity contribution in [3.8, 4) is 17.1 Å². The van der Waals surface area contributed by atoms with Gasteiger partial charge in [-0.2, -0.15) is 0 Å². The van der Waals surface area contributed by atoms with E-state index < -0.39 is 0 Å². The van der Waals surface area contributed by atoms with Crippen molar-refractivity contribution in [1.82, 2.24) is 18.9 Å². The van der Waals surface area contributed by atoms with Gasteiger partial charge < -0.3 is 0 Å². The van der Waals surface area contributed by atoms with Crippen molar-refractivity contribution < 1.29 is 4.57 Å². The molecule has 118 valence electrons. The second-order valence-electron chi connectivity index (χ2n) is 6.34. The fraction of sp³-hybridized carbons (Fsp3) is 0.0500. The zero-order chi connectivity index (χ0) is 16.4. The van der Waals surface area contributed by atoms with Crippen molar-refractivity contribution in [2.75, 3.05) is 0 Å². The van der Waals surface area contributed by atoms with Crippen LogP contribution in [0, 0.1) is 0 Å². The number of hydrogen-bond donors (Lipinski definition) is 0. The highest BCUT2D eigenvalue weighted by Gasteiger charge is 2.35. The van der Waals surface area contributed by atoms with Crippen LogP contribution in [0.25, 0.3) is 33.8 Å². The van der Waals surface area contributed by atoms with Crippen molar-refractivity contribution in [1.29, 1.82) is 0 Å². The van der Waals surface area contributed by atoms with Gasteiger partial charge in [0.2, 0.25) is 5.82 Å². The molecule has 5 heteroatoms. The number of fused-ring (bicyclic) bond motifs is 7. The molecule has 0 bridgehead atoms. The van der Waals surface area contributed by atoms with Crippen LogP contribution in [0.1, 0.15) is 5.56 Å². The first-order valence-corrected chi connectivity index (χ1v) is 8.30. The van der Waals surface area contributed by atoms with E-state index in [-0.39, 0.29) is 0 Å². The highest BCUT2D eigenvalue weighted by atomic mass is 15.2. The molecule has 0 saturated carbocycles. The van der Waals surface area contributed by atoms with Crippen LogP contribution >= 0.6 is 0 Å². The average molecular weight is 324 g/mol. The van der Waals surface area contributed by atoms with Gasteiger partial charge in [0.15, 0.2) is 5.52 Å². The second kappa shape index (κ2) is 4.54. The first-order valence-electron chi connectivity index (χ1n) is 8.30. The smallest absolute Gasteiger partial charge is 0.264 e. The monoisotopic (exact) mass is 324 g/mol. The molecule has 5 aromatic rings. The van der Waals surface area contributed by atoms with Gasteiger partial charge in [-0.05, 0) is 18.2 Å². The Morgan fingerprint density at radius 3 is 2.76 bits per heavy atom. The molecule has 0 spiro atoms. The fourth-order valence-corrected chi connectivity index (χ4v) is 3.96. The molecule has 5 nitrogen and oxygen atoms in total. The standard InChI is InChI=1S/C20H14N5/c1-2-4-15(5-3-1)25-18-10-16-11-22-8-9-23(16)20(18)24-13-14-6-7-21-12-17(14)19(24)25/h1-12H,13H2/q+1. The molecule has 1 aliphatic heterocycles. The molecule has 0 saturated heterocycles. The third kappa shape index (κ3) is 1.59. The van der Waals surface area contributed by atoms with E-state index in [0.29, 0.717) is 0 Å². The maximum Gasteiger partial charge on any atom is 0.274 e. The molecule has 0 N–H and O–H groups in total. The molecule has 0 fully saturated rings. The maximum absolute atomic E-state index is 4.36. The molecule has 25 heavy (non-hydrogen) atoms. The minimum atomic E-state index is 0.859. The number of imidazole rings is 1. The molecule has 0 amide bonds. The largest absolute Gasteiger partial charge is 0.274 e. The lowest BCUT2D eigenvalue weighted by atomic mass is 10.1. The summed E-state index contributed by atoms with van der Waals surface area (Å²) in [6, 6.07) is 14.8. The van der Waals surface area contributed by atoms with Gasteiger partial charge in [-0.25, -0.2) is 13.5 Å². The Morgan fingerprint density at radius 2 is 1.84 bits per heavy atom. The highest BCUT2D eigenvalue weighted by Crippen LogP contribution is 2.34. The van der Waals surface area contributed by atoms with Gasteiger partial charge in [0.25, 0.3) is 5.65 Å². The Kier molecular flexibility index (Phi) is 2.34. The van der Waals surface area contributed by atoms with Gasteiger partial charge in [-0.15, -0.1) is 0 Å². The van der Waals surface area contributed by atoms with Crippen molar-refractivity contribution in [3.63, 3.8) is 0 Å². The van der Waals surface area contributed by atoms with Crippen molar-refractivity contribution >= 4 is 16.7 Å². The summed E-state index contributed by atoms with van der Waals surface area (Å²) in [6.07, 6.45) is 9.62. The first kappa shape index (κ1) is 12.9. The van der Waals surface area contributed by atoms with Crippen molar-refractivity contribution in [3.05, 3.63) is 79.0 Å². The molecule has 6 rings (SSSR count). The number of nitrogens with zero attached hydrogens (tertiary/aromatic N) is 5. The summed E-state index contributed by atoms with van der Waals surface area (Å²) in [5.41, 5.74) is 7.13. The molecule has 0 radical (unpaired) electrons. The zero-order valence-corrected chi connectivity index (χ0v) is 13.4. The molecule has 4 aromatic heterocycles. The lowest BCUT2D eigenvalue weighted by molar-refractivity contribution is -0.648. The van der Waals surface area contributed by atoms with Crippen LogP contribution in [0.5, 0.6) is 0 Å². The van der Waals surface area contributed by atoms with Crippen LogP contribution in [0.4, 0.5) is 0 Å². The van der Waals surface area contributed by atoms with E-state index in [2.05, 4.69) is 59.9 Å². The van der Waals surface area contributed by atoms with Crippen molar-refractivity contribution in [2.24, 2.45) is 0 Å². The average Bonchev–Trinajstić information content (AvgIpc) is 3.29. The predicted octanol–water partition coefficient (Wildman–Crippen LogP) is 2.99. The van der Waals surface area contributed by atoms with E-state index in [0.717, 1.165) is 17.7 Å². The third-order valence-corrected chi connectivity index (χ3v) is 4.99. The number of aromatic nitrogens is 5. The van der Waals surface area contributed by atoms with Crippen molar-refractivity contribution in [2.45, 2.75) is 6.54 Å². The SMILES string of the molecule is c1ccc(-n2c3[n+](c4c2cc2cnccn24)Cc2ccncc2-3)cc1. The molecule has 0 unspecified atom stereocenters. The van der Waals surface area contributed by atoms with Gasteiger partial charge in [0.05, 0.1) is 30.7 Å². The van der Waals surface area contributed by atoms with E-state index >= 15 is 0 Å². The molecule has 1 aliphatic rings. The quantitative estimate of drug-likeness (QED) is 0.436.